The number of carbonyl (C=O) groups is 1. The van der Waals surface area contributed by atoms with Crippen molar-refractivity contribution in [2.24, 2.45) is 0 Å². The predicted molar refractivity (Wildman–Crippen MR) is 109 cm³/mol. The van der Waals surface area contributed by atoms with Gasteiger partial charge in [-0.25, -0.2) is 0 Å². The first-order valence-electron chi connectivity index (χ1n) is 9.15. The smallest absolute Gasteiger partial charge is 0.255 e. The lowest BCUT2D eigenvalue weighted by molar-refractivity contribution is 0.102. The highest BCUT2D eigenvalue weighted by atomic mass is 16.5. The molecule has 152 valence electrons. The Bertz CT molecular complexity index is 1130. The van der Waals surface area contributed by atoms with Gasteiger partial charge >= 0.3 is 0 Å². The molecule has 8 nitrogen and oxygen atoms in total. The summed E-state index contributed by atoms with van der Waals surface area (Å²) in [5, 5.41) is 6.86. The monoisotopic (exact) mass is 405 g/mol. The summed E-state index contributed by atoms with van der Waals surface area (Å²) in [5.74, 6) is 2.08. The lowest BCUT2D eigenvalue weighted by Crippen LogP contribution is -2.13. The molecule has 0 fully saturated rings. The Morgan fingerprint density at radius 2 is 1.80 bits per heavy atom. The van der Waals surface area contributed by atoms with E-state index in [4.69, 9.17) is 18.4 Å². The summed E-state index contributed by atoms with van der Waals surface area (Å²) in [7, 11) is 3.07. The van der Waals surface area contributed by atoms with Crippen molar-refractivity contribution in [3.63, 3.8) is 0 Å². The number of nitrogens with one attached hydrogen (secondary N) is 1. The van der Waals surface area contributed by atoms with Gasteiger partial charge in [-0.15, -0.1) is 0 Å². The number of carbonyl (C=O) groups excluding carboxylic acids is 1. The summed E-state index contributed by atoms with van der Waals surface area (Å²) in [6.45, 7) is 0. The van der Waals surface area contributed by atoms with E-state index in [0.29, 0.717) is 46.6 Å². The Labute approximate surface area is 172 Å². The van der Waals surface area contributed by atoms with Crippen LogP contribution in [0.4, 0.5) is 5.69 Å². The molecule has 0 aliphatic rings. The number of benzene rings is 2. The molecule has 4 aromatic rings. The maximum Gasteiger partial charge on any atom is 0.255 e. The van der Waals surface area contributed by atoms with Crippen LogP contribution in [0.1, 0.15) is 21.8 Å². The molecule has 0 saturated heterocycles. The third-order valence-corrected chi connectivity index (χ3v) is 4.43. The van der Waals surface area contributed by atoms with Crippen molar-refractivity contribution in [2.45, 2.75) is 6.42 Å². The van der Waals surface area contributed by atoms with Gasteiger partial charge in [0.1, 0.15) is 11.5 Å². The first kappa shape index (κ1) is 19.3. The average molecular weight is 405 g/mol. The Kier molecular flexibility index (Phi) is 5.47. The van der Waals surface area contributed by atoms with Crippen molar-refractivity contribution in [1.82, 2.24) is 10.1 Å². The van der Waals surface area contributed by atoms with Crippen LogP contribution in [0.25, 0.3) is 11.6 Å². The van der Waals surface area contributed by atoms with Gasteiger partial charge in [-0.1, -0.05) is 23.4 Å². The number of amides is 1. The van der Waals surface area contributed by atoms with Crippen LogP contribution in [-0.2, 0) is 6.42 Å². The molecule has 1 amide bonds. The number of furan rings is 1. The molecule has 1 N–H and O–H groups in total. The second kappa shape index (κ2) is 8.52. The summed E-state index contributed by atoms with van der Waals surface area (Å²) >= 11 is 0. The van der Waals surface area contributed by atoms with Gasteiger partial charge in [0, 0.05) is 17.3 Å². The topological polar surface area (TPSA) is 99.6 Å². The predicted octanol–water partition coefficient (Wildman–Crippen LogP) is 4.19. The van der Waals surface area contributed by atoms with Crippen LogP contribution in [0.3, 0.4) is 0 Å². The Hall–Kier alpha value is -4.07. The quantitative estimate of drug-likeness (QED) is 0.492. The van der Waals surface area contributed by atoms with Crippen LogP contribution >= 0.6 is 0 Å². The summed E-state index contributed by atoms with van der Waals surface area (Å²) < 4.78 is 21.1. The third-order valence-electron chi connectivity index (χ3n) is 4.43. The highest BCUT2D eigenvalue weighted by Gasteiger charge is 2.15. The van der Waals surface area contributed by atoms with Crippen molar-refractivity contribution in [3.8, 4) is 23.1 Å². The van der Waals surface area contributed by atoms with Crippen LogP contribution in [0, 0.1) is 0 Å². The minimum atomic E-state index is -0.290. The molecule has 0 aliphatic carbocycles. The van der Waals surface area contributed by atoms with Crippen LogP contribution in [0.5, 0.6) is 11.5 Å². The maximum absolute atomic E-state index is 12.8. The van der Waals surface area contributed by atoms with Crippen LogP contribution in [-0.4, -0.2) is 30.3 Å². The van der Waals surface area contributed by atoms with E-state index in [-0.39, 0.29) is 5.91 Å². The highest BCUT2D eigenvalue weighted by molar-refractivity contribution is 6.05. The second-order valence-electron chi connectivity index (χ2n) is 6.38. The SMILES string of the molecule is COc1cc(OC)cc(C(=O)Nc2ccccc2Cc2nc(-c3ccco3)no2)c1. The molecule has 0 unspecified atom stereocenters. The van der Waals surface area contributed by atoms with Crippen molar-refractivity contribution in [2.75, 3.05) is 19.5 Å². The normalized spacial score (nSPS) is 10.6. The minimum Gasteiger partial charge on any atom is -0.497 e. The van der Waals surface area contributed by atoms with Crippen molar-refractivity contribution in [1.29, 1.82) is 0 Å². The van der Waals surface area contributed by atoms with E-state index >= 15 is 0 Å². The van der Waals surface area contributed by atoms with Crippen molar-refractivity contribution in [3.05, 3.63) is 77.9 Å². The zero-order valence-electron chi connectivity index (χ0n) is 16.4. The molecule has 0 aliphatic heterocycles. The number of rotatable bonds is 7. The lowest BCUT2D eigenvalue weighted by atomic mass is 10.1. The molecular weight excluding hydrogens is 386 g/mol. The molecule has 0 bridgehead atoms. The summed E-state index contributed by atoms with van der Waals surface area (Å²) in [4.78, 5) is 17.2. The molecule has 2 heterocycles. The fourth-order valence-corrected chi connectivity index (χ4v) is 2.92. The van der Waals surface area contributed by atoms with Crippen molar-refractivity contribution >= 4 is 11.6 Å². The molecule has 0 saturated carbocycles. The van der Waals surface area contributed by atoms with Gasteiger partial charge in [0.05, 0.1) is 26.9 Å². The van der Waals surface area contributed by atoms with Gasteiger partial charge in [-0.05, 0) is 35.9 Å². The van der Waals surface area contributed by atoms with E-state index in [1.165, 1.54) is 14.2 Å². The summed E-state index contributed by atoms with van der Waals surface area (Å²) in [5.41, 5.74) is 1.89. The lowest BCUT2D eigenvalue weighted by Gasteiger charge is -2.11. The highest BCUT2D eigenvalue weighted by Crippen LogP contribution is 2.25. The fraction of sp³-hybridized carbons (Fsp3) is 0.136. The number of hydrogen-bond acceptors (Lipinski definition) is 7. The molecule has 30 heavy (non-hydrogen) atoms. The third kappa shape index (κ3) is 4.17. The Balaban J connectivity index is 1.54. The zero-order chi connectivity index (χ0) is 20.9. The van der Waals surface area contributed by atoms with E-state index in [2.05, 4.69) is 15.5 Å². The van der Waals surface area contributed by atoms with Gasteiger partial charge in [-0.2, -0.15) is 4.98 Å². The van der Waals surface area contributed by atoms with Gasteiger partial charge in [0.15, 0.2) is 5.76 Å². The van der Waals surface area contributed by atoms with Gasteiger partial charge in [-0.3, -0.25) is 4.79 Å². The number of aromatic nitrogens is 2. The first-order chi connectivity index (χ1) is 14.7. The van der Waals surface area contributed by atoms with Gasteiger partial charge in [0.25, 0.3) is 5.91 Å². The number of anilines is 1. The summed E-state index contributed by atoms with van der Waals surface area (Å²) in [6.07, 6.45) is 1.90. The van der Waals surface area contributed by atoms with E-state index < -0.39 is 0 Å². The minimum absolute atomic E-state index is 0.290. The van der Waals surface area contributed by atoms with E-state index in [1.807, 2.05) is 24.3 Å². The molecule has 8 heteroatoms. The number of para-hydroxylation sites is 1. The number of methoxy groups -OCH3 is 2. The molecule has 0 radical (unpaired) electrons. The largest absolute Gasteiger partial charge is 0.497 e. The molecule has 0 atom stereocenters. The van der Waals surface area contributed by atoms with Crippen LogP contribution in [0.2, 0.25) is 0 Å². The molecule has 2 aromatic heterocycles. The van der Waals surface area contributed by atoms with Gasteiger partial charge < -0.3 is 23.7 Å². The standard InChI is InChI=1S/C22H19N3O5/c1-27-16-10-15(11-17(13-16)28-2)22(26)23-18-7-4-3-6-14(18)12-20-24-21(25-30-20)19-8-5-9-29-19/h3-11,13H,12H2,1-2H3,(H,23,26). The average Bonchev–Trinajstić information content (AvgIpc) is 3.46. The van der Waals surface area contributed by atoms with Crippen LogP contribution < -0.4 is 14.8 Å². The molecule has 2 aromatic carbocycles. The molecular formula is C22H19N3O5. The fourth-order valence-electron chi connectivity index (χ4n) is 2.92. The maximum atomic E-state index is 12.8. The van der Waals surface area contributed by atoms with E-state index in [0.717, 1.165) is 5.56 Å². The Morgan fingerprint density at radius 1 is 1.03 bits per heavy atom. The molecule has 0 spiro atoms. The zero-order valence-corrected chi connectivity index (χ0v) is 16.4. The van der Waals surface area contributed by atoms with E-state index in [9.17, 15) is 4.79 Å². The second-order valence-corrected chi connectivity index (χ2v) is 6.38. The van der Waals surface area contributed by atoms with Crippen LogP contribution in [0.15, 0.2) is 69.8 Å². The van der Waals surface area contributed by atoms with Crippen molar-refractivity contribution < 1.29 is 23.2 Å². The number of nitrogens with zero attached hydrogens (tertiary/aromatic N) is 2. The van der Waals surface area contributed by atoms with Gasteiger partial charge in [0.2, 0.25) is 11.7 Å². The number of ether oxygens (including phenoxy) is 2. The van der Waals surface area contributed by atoms with E-state index in [1.54, 1.807) is 36.6 Å². The first-order valence-corrected chi connectivity index (χ1v) is 9.15. The summed E-state index contributed by atoms with van der Waals surface area (Å²) in [6, 6.07) is 15.9. The Morgan fingerprint density at radius 3 is 2.50 bits per heavy atom. The molecule has 4 rings (SSSR count). The number of hydrogen-bond donors (Lipinski definition) is 1.